The highest BCUT2D eigenvalue weighted by Gasteiger charge is 2.23. The predicted octanol–water partition coefficient (Wildman–Crippen LogP) is 0.201. The molecule has 1 aromatic heterocycles. The number of rotatable bonds is 7. The second-order valence-electron chi connectivity index (χ2n) is 5.27. The van der Waals surface area contributed by atoms with E-state index in [0.29, 0.717) is 23.9 Å². The van der Waals surface area contributed by atoms with E-state index in [4.69, 9.17) is 4.74 Å². The van der Waals surface area contributed by atoms with Crippen molar-refractivity contribution >= 4 is 5.91 Å². The molecule has 0 bridgehead atoms. The van der Waals surface area contributed by atoms with Crippen molar-refractivity contribution in [3.63, 3.8) is 0 Å². The van der Waals surface area contributed by atoms with Gasteiger partial charge < -0.3 is 15.0 Å². The van der Waals surface area contributed by atoms with Gasteiger partial charge in [0.1, 0.15) is 0 Å². The number of likely N-dealkylation sites (tertiary alicyclic amines) is 1. The van der Waals surface area contributed by atoms with Crippen LogP contribution in [0.15, 0.2) is 0 Å². The van der Waals surface area contributed by atoms with E-state index < -0.39 is 0 Å². The summed E-state index contributed by atoms with van der Waals surface area (Å²) in [7, 11) is 1.73. The molecule has 1 aliphatic heterocycles. The van der Waals surface area contributed by atoms with Gasteiger partial charge in [-0.3, -0.25) is 4.79 Å². The van der Waals surface area contributed by atoms with Crippen LogP contribution in [-0.2, 0) is 4.74 Å². The summed E-state index contributed by atoms with van der Waals surface area (Å²) >= 11 is 0. The maximum absolute atomic E-state index is 11.9. The second kappa shape index (κ2) is 7.35. The maximum atomic E-state index is 11.9. The van der Waals surface area contributed by atoms with Crippen LogP contribution in [0.4, 0.5) is 0 Å². The monoisotopic (exact) mass is 281 g/mol. The van der Waals surface area contributed by atoms with Crippen LogP contribution in [0.5, 0.6) is 0 Å². The first-order valence-corrected chi connectivity index (χ1v) is 7.07. The lowest BCUT2D eigenvalue weighted by Crippen LogP contribution is -2.32. The lowest BCUT2D eigenvalue weighted by atomic mass is 10.1. The first-order chi connectivity index (χ1) is 9.70. The minimum atomic E-state index is -0.144. The molecule has 20 heavy (non-hydrogen) atoms. The molecule has 112 valence electrons. The summed E-state index contributed by atoms with van der Waals surface area (Å²) < 4.78 is 5.06. The van der Waals surface area contributed by atoms with Crippen LogP contribution in [0.3, 0.4) is 0 Å². The van der Waals surface area contributed by atoms with Crippen LogP contribution < -0.4 is 5.32 Å². The molecule has 1 saturated heterocycles. The number of carbonyl (C=O) groups excluding carboxylic acids is 1. The van der Waals surface area contributed by atoms with Crippen molar-refractivity contribution in [1.82, 2.24) is 25.6 Å². The van der Waals surface area contributed by atoms with Gasteiger partial charge in [-0.2, -0.15) is 15.4 Å². The molecule has 7 heteroatoms. The molecule has 2 heterocycles. The summed E-state index contributed by atoms with van der Waals surface area (Å²) in [4.78, 5) is 14.3. The minimum Gasteiger partial charge on any atom is -0.385 e. The molecule has 7 nitrogen and oxygen atoms in total. The summed E-state index contributed by atoms with van der Waals surface area (Å²) in [6, 6.07) is 0. The summed E-state index contributed by atoms with van der Waals surface area (Å²) in [6.07, 6.45) is 2.19. The molecular weight excluding hydrogens is 258 g/mol. The molecule has 1 fully saturated rings. The third-order valence-electron chi connectivity index (χ3n) is 3.68. The van der Waals surface area contributed by atoms with Crippen LogP contribution >= 0.6 is 0 Å². The van der Waals surface area contributed by atoms with E-state index in [0.717, 1.165) is 39.1 Å². The lowest BCUT2D eigenvalue weighted by Gasteiger charge is -2.15. The summed E-state index contributed by atoms with van der Waals surface area (Å²) in [5, 5.41) is 13.1. The van der Waals surface area contributed by atoms with Crippen LogP contribution in [0, 0.1) is 12.8 Å². The van der Waals surface area contributed by atoms with E-state index in [9.17, 15) is 4.79 Å². The fourth-order valence-corrected chi connectivity index (χ4v) is 2.53. The molecule has 1 aliphatic rings. The average Bonchev–Trinajstić information content (AvgIpc) is 3.05. The number of ether oxygens (including phenoxy) is 1. The molecule has 2 rings (SSSR count). The van der Waals surface area contributed by atoms with Crippen LogP contribution in [-0.4, -0.2) is 66.1 Å². The number of hydrogen-bond donors (Lipinski definition) is 2. The number of amides is 1. The smallest absolute Gasteiger partial charge is 0.273 e. The molecule has 1 amide bonds. The van der Waals surface area contributed by atoms with E-state index in [1.165, 1.54) is 0 Å². The van der Waals surface area contributed by atoms with Crippen molar-refractivity contribution in [2.45, 2.75) is 19.8 Å². The Hall–Kier alpha value is -1.47. The molecule has 0 aromatic carbocycles. The summed E-state index contributed by atoms with van der Waals surface area (Å²) in [5.41, 5.74) is 1.02. The Kier molecular flexibility index (Phi) is 5.49. The number of H-pyrrole nitrogens is 1. The highest BCUT2D eigenvalue weighted by atomic mass is 16.5. The number of nitrogens with one attached hydrogen (secondary N) is 2. The zero-order valence-electron chi connectivity index (χ0n) is 12.2. The quantitative estimate of drug-likeness (QED) is 0.698. The molecule has 0 aliphatic carbocycles. The minimum absolute atomic E-state index is 0.144. The molecule has 1 atom stereocenters. The third kappa shape index (κ3) is 4.01. The number of nitrogens with zero attached hydrogens (tertiary/aromatic N) is 3. The normalized spacial score (nSPS) is 19.4. The lowest BCUT2D eigenvalue weighted by molar-refractivity contribution is 0.0941. The number of hydrogen-bond acceptors (Lipinski definition) is 5. The van der Waals surface area contributed by atoms with Crippen molar-refractivity contribution in [2.75, 3.05) is 39.9 Å². The zero-order valence-corrected chi connectivity index (χ0v) is 12.2. The Balaban J connectivity index is 1.68. The molecule has 2 N–H and O–H groups in total. The van der Waals surface area contributed by atoms with E-state index in [2.05, 4.69) is 25.6 Å². The maximum Gasteiger partial charge on any atom is 0.273 e. The van der Waals surface area contributed by atoms with Gasteiger partial charge in [-0.1, -0.05) is 0 Å². The Labute approximate surface area is 119 Å². The highest BCUT2D eigenvalue weighted by Crippen LogP contribution is 2.15. The molecule has 0 saturated carbocycles. The van der Waals surface area contributed by atoms with E-state index in [1.54, 1.807) is 14.0 Å². The van der Waals surface area contributed by atoms with Gasteiger partial charge in [-0.25, -0.2) is 0 Å². The Morgan fingerprint density at radius 3 is 3.10 bits per heavy atom. The number of aryl methyl sites for hydroxylation is 1. The first-order valence-electron chi connectivity index (χ1n) is 7.07. The third-order valence-corrected chi connectivity index (χ3v) is 3.68. The van der Waals surface area contributed by atoms with E-state index >= 15 is 0 Å². The van der Waals surface area contributed by atoms with Crippen molar-refractivity contribution in [1.29, 1.82) is 0 Å². The van der Waals surface area contributed by atoms with Crippen LogP contribution in [0.25, 0.3) is 0 Å². The SMILES string of the molecule is COCCCN1CC[C@H](CNC(=O)c2n[nH]nc2C)C1. The summed E-state index contributed by atoms with van der Waals surface area (Å²) in [6.45, 7) is 6.50. The Morgan fingerprint density at radius 1 is 1.55 bits per heavy atom. The van der Waals surface area contributed by atoms with Gasteiger partial charge in [0, 0.05) is 33.4 Å². The topological polar surface area (TPSA) is 83.1 Å². The predicted molar refractivity (Wildman–Crippen MR) is 74.5 cm³/mol. The van der Waals surface area contributed by atoms with Crippen molar-refractivity contribution in [2.24, 2.45) is 5.92 Å². The van der Waals surface area contributed by atoms with Crippen LogP contribution in [0.1, 0.15) is 29.0 Å². The number of aromatic amines is 1. The second-order valence-corrected chi connectivity index (χ2v) is 5.27. The van der Waals surface area contributed by atoms with Crippen molar-refractivity contribution < 1.29 is 9.53 Å². The van der Waals surface area contributed by atoms with Gasteiger partial charge in [0.05, 0.1) is 5.69 Å². The molecule has 0 spiro atoms. The van der Waals surface area contributed by atoms with Gasteiger partial charge in [0.15, 0.2) is 5.69 Å². The van der Waals surface area contributed by atoms with Gasteiger partial charge in [-0.05, 0) is 32.2 Å². The Morgan fingerprint density at radius 2 is 2.40 bits per heavy atom. The van der Waals surface area contributed by atoms with Crippen molar-refractivity contribution in [3.05, 3.63) is 11.4 Å². The van der Waals surface area contributed by atoms with E-state index in [1.807, 2.05) is 0 Å². The largest absolute Gasteiger partial charge is 0.385 e. The number of aromatic nitrogens is 3. The van der Waals surface area contributed by atoms with Crippen molar-refractivity contribution in [3.8, 4) is 0 Å². The standard InChI is InChI=1S/C13H23N5O2/c1-10-12(16-17-15-10)13(19)14-8-11-4-6-18(9-11)5-3-7-20-2/h11H,3-9H2,1-2H3,(H,14,19)(H,15,16,17)/t11-/m1/s1. The zero-order chi connectivity index (χ0) is 14.4. The average molecular weight is 281 g/mol. The fraction of sp³-hybridized carbons (Fsp3) is 0.769. The van der Waals surface area contributed by atoms with Gasteiger partial charge in [0.2, 0.25) is 0 Å². The molecule has 0 unspecified atom stereocenters. The molecular formula is C13H23N5O2. The van der Waals surface area contributed by atoms with Gasteiger partial charge in [-0.15, -0.1) is 0 Å². The molecule has 1 aromatic rings. The van der Waals surface area contributed by atoms with E-state index in [-0.39, 0.29) is 5.91 Å². The first kappa shape index (κ1) is 14.9. The molecule has 0 radical (unpaired) electrons. The number of methoxy groups -OCH3 is 1. The number of carbonyl (C=O) groups is 1. The van der Waals surface area contributed by atoms with Gasteiger partial charge in [0.25, 0.3) is 5.91 Å². The highest BCUT2D eigenvalue weighted by molar-refractivity contribution is 5.93. The van der Waals surface area contributed by atoms with Crippen LogP contribution in [0.2, 0.25) is 0 Å². The summed E-state index contributed by atoms with van der Waals surface area (Å²) in [5.74, 6) is 0.378. The fourth-order valence-electron chi connectivity index (χ4n) is 2.53. The van der Waals surface area contributed by atoms with Gasteiger partial charge >= 0.3 is 0 Å². The Bertz CT molecular complexity index is 434.